The van der Waals surface area contributed by atoms with Crippen LogP contribution in [0.3, 0.4) is 0 Å². The largest absolute Gasteiger partial charge is 0.494 e. The van der Waals surface area contributed by atoms with Crippen molar-refractivity contribution in [3.05, 3.63) is 29.8 Å². The van der Waals surface area contributed by atoms with Gasteiger partial charge in [-0.3, -0.25) is 4.79 Å². The first-order valence-corrected chi connectivity index (χ1v) is 9.01. The maximum atomic E-state index is 12.4. The Hall–Kier alpha value is -1.33. The highest BCUT2D eigenvalue weighted by atomic mass is 16.7. The number of carbonyl (C=O) groups is 1. The lowest BCUT2D eigenvalue weighted by Gasteiger charge is -2.32. The van der Waals surface area contributed by atoms with Crippen molar-refractivity contribution < 1.29 is 14.1 Å². The SMILES string of the molecule is CC1(C)OB(c2ccc(CC(=O)N3CCCCC3)cc2)OC1(C)C. The normalized spacial score (nSPS) is 22.7. The first-order chi connectivity index (χ1) is 11.3. The predicted octanol–water partition coefficient (Wildman–Crippen LogP) is 2.54. The number of carbonyl (C=O) groups excluding carboxylic acids is 1. The molecule has 0 atom stereocenters. The smallest absolute Gasteiger partial charge is 0.399 e. The van der Waals surface area contributed by atoms with Gasteiger partial charge in [0.1, 0.15) is 0 Å². The molecule has 1 aromatic carbocycles. The number of piperidine rings is 1. The van der Waals surface area contributed by atoms with E-state index in [2.05, 4.69) is 27.7 Å². The van der Waals surface area contributed by atoms with Crippen LogP contribution in [-0.2, 0) is 20.5 Å². The molecule has 2 aliphatic heterocycles. The van der Waals surface area contributed by atoms with E-state index >= 15 is 0 Å². The maximum Gasteiger partial charge on any atom is 0.494 e. The zero-order chi connectivity index (χ0) is 17.4. The molecule has 1 amide bonds. The van der Waals surface area contributed by atoms with E-state index in [1.807, 2.05) is 29.2 Å². The highest BCUT2D eigenvalue weighted by Gasteiger charge is 2.51. The average Bonchev–Trinajstić information content (AvgIpc) is 2.77. The van der Waals surface area contributed by atoms with Crippen molar-refractivity contribution in [2.45, 2.75) is 64.6 Å². The minimum absolute atomic E-state index is 0.234. The number of rotatable bonds is 3. The summed E-state index contributed by atoms with van der Waals surface area (Å²) < 4.78 is 12.1. The number of hydrogen-bond acceptors (Lipinski definition) is 3. The van der Waals surface area contributed by atoms with E-state index in [4.69, 9.17) is 9.31 Å². The molecule has 5 heteroatoms. The van der Waals surface area contributed by atoms with Gasteiger partial charge in [-0.2, -0.15) is 0 Å². The van der Waals surface area contributed by atoms with Gasteiger partial charge in [0.25, 0.3) is 0 Å². The van der Waals surface area contributed by atoms with Crippen LogP contribution in [0.4, 0.5) is 0 Å². The summed E-state index contributed by atoms with van der Waals surface area (Å²) in [4.78, 5) is 14.3. The fourth-order valence-corrected chi connectivity index (χ4v) is 3.20. The van der Waals surface area contributed by atoms with Crippen molar-refractivity contribution in [3.8, 4) is 0 Å². The standard InChI is InChI=1S/C19H28BNO3/c1-18(2)19(3,4)24-20(23-18)16-10-8-15(9-11-16)14-17(22)21-12-6-5-7-13-21/h8-11H,5-7,12-14H2,1-4H3. The molecule has 0 spiro atoms. The molecule has 24 heavy (non-hydrogen) atoms. The van der Waals surface area contributed by atoms with Gasteiger partial charge in [-0.1, -0.05) is 24.3 Å². The van der Waals surface area contributed by atoms with Crippen molar-refractivity contribution in [3.63, 3.8) is 0 Å². The second kappa shape index (κ2) is 6.53. The molecule has 0 unspecified atom stereocenters. The zero-order valence-corrected chi connectivity index (χ0v) is 15.3. The summed E-state index contributed by atoms with van der Waals surface area (Å²) in [5.74, 6) is 0.234. The lowest BCUT2D eigenvalue weighted by molar-refractivity contribution is -0.131. The molecule has 2 saturated heterocycles. The highest BCUT2D eigenvalue weighted by molar-refractivity contribution is 6.62. The van der Waals surface area contributed by atoms with Crippen LogP contribution in [-0.4, -0.2) is 42.2 Å². The molecule has 0 bridgehead atoms. The van der Waals surface area contributed by atoms with Crippen molar-refractivity contribution in [2.75, 3.05) is 13.1 Å². The average molecular weight is 329 g/mol. The van der Waals surface area contributed by atoms with E-state index in [1.54, 1.807) is 0 Å². The molecular formula is C19H28BNO3. The Morgan fingerprint density at radius 3 is 2.08 bits per heavy atom. The summed E-state index contributed by atoms with van der Waals surface area (Å²) in [6.07, 6.45) is 3.98. The Kier molecular flexibility index (Phi) is 4.76. The molecule has 2 heterocycles. The zero-order valence-electron chi connectivity index (χ0n) is 15.3. The Morgan fingerprint density at radius 2 is 1.54 bits per heavy atom. The first-order valence-electron chi connectivity index (χ1n) is 9.01. The fraction of sp³-hybridized carbons (Fsp3) is 0.632. The molecule has 0 saturated carbocycles. The van der Waals surface area contributed by atoms with Crippen LogP contribution in [0.15, 0.2) is 24.3 Å². The molecular weight excluding hydrogens is 301 g/mol. The first kappa shape index (κ1) is 17.5. The molecule has 0 aliphatic carbocycles. The van der Waals surface area contributed by atoms with E-state index in [0.717, 1.165) is 37.0 Å². The van der Waals surface area contributed by atoms with E-state index in [9.17, 15) is 4.79 Å². The second-order valence-corrected chi connectivity index (χ2v) is 7.95. The van der Waals surface area contributed by atoms with Crippen LogP contribution in [0, 0.1) is 0 Å². The third-order valence-corrected chi connectivity index (χ3v) is 5.57. The highest BCUT2D eigenvalue weighted by Crippen LogP contribution is 2.36. The summed E-state index contributed by atoms with van der Waals surface area (Å²) in [6, 6.07) is 8.06. The predicted molar refractivity (Wildman–Crippen MR) is 96.3 cm³/mol. The number of benzene rings is 1. The molecule has 2 aliphatic rings. The number of likely N-dealkylation sites (tertiary alicyclic amines) is 1. The minimum Gasteiger partial charge on any atom is -0.399 e. The van der Waals surface area contributed by atoms with Crippen molar-refractivity contribution in [1.82, 2.24) is 4.90 Å². The van der Waals surface area contributed by atoms with Crippen LogP contribution in [0.1, 0.15) is 52.5 Å². The van der Waals surface area contributed by atoms with E-state index in [0.29, 0.717) is 6.42 Å². The Bertz CT molecular complexity index is 575. The lowest BCUT2D eigenvalue weighted by Crippen LogP contribution is -2.41. The molecule has 0 aromatic heterocycles. The number of amides is 1. The summed E-state index contributed by atoms with van der Waals surface area (Å²) in [7, 11) is -0.346. The number of hydrogen-bond donors (Lipinski definition) is 0. The summed E-state index contributed by atoms with van der Waals surface area (Å²) in [6.45, 7) is 10.0. The Morgan fingerprint density at radius 1 is 1.00 bits per heavy atom. The summed E-state index contributed by atoms with van der Waals surface area (Å²) >= 11 is 0. The van der Waals surface area contributed by atoms with Gasteiger partial charge in [0, 0.05) is 13.1 Å². The van der Waals surface area contributed by atoms with Gasteiger partial charge in [0.2, 0.25) is 5.91 Å². The van der Waals surface area contributed by atoms with Gasteiger partial charge in [-0.25, -0.2) is 0 Å². The Balaban J connectivity index is 1.63. The van der Waals surface area contributed by atoms with Crippen molar-refractivity contribution in [1.29, 1.82) is 0 Å². The van der Waals surface area contributed by atoms with Gasteiger partial charge < -0.3 is 14.2 Å². The third-order valence-electron chi connectivity index (χ3n) is 5.57. The van der Waals surface area contributed by atoms with Gasteiger partial charge in [0.05, 0.1) is 17.6 Å². The Labute approximate surface area is 145 Å². The van der Waals surface area contributed by atoms with Crippen LogP contribution in [0.5, 0.6) is 0 Å². The van der Waals surface area contributed by atoms with Gasteiger partial charge in [-0.05, 0) is 58.0 Å². The van der Waals surface area contributed by atoms with E-state index in [-0.39, 0.29) is 24.2 Å². The molecule has 4 nitrogen and oxygen atoms in total. The van der Waals surface area contributed by atoms with Crippen LogP contribution >= 0.6 is 0 Å². The summed E-state index contributed by atoms with van der Waals surface area (Å²) in [5.41, 5.74) is 1.38. The monoisotopic (exact) mass is 329 g/mol. The molecule has 0 N–H and O–H groups in total. The third kappa shape index (κ3) is 3.52. The van der Waals surface area contributed by atoms with Crippen LogP contribution in [0.25, 0.3) is 0 Å². The number of nitrogens with zero attached hydrogens (tertiary/aromatic N) is 1. The van der Waals surface area contributed by atoms with Gasteiger partial charge >= 0.3 is 7.12 Å². The van der Waals surface area contributed by atoms with Gasteiger partial charge in [0.15, 0.2) is 0 Å². The topological polar surface area (TPSA) is 38.8 Å². The van der Waals surface area contributed by atoms with Crippen molar-refractivity contribution in [2.24, 2.45) is 0 Å². The quantitative estimate of drug-likeness (QED) is 0.800. The molecule has 3 rings (SSSR count). The fourth-order valence-electron chi connectivity index (χ4n) is 3.20. The maximum absolute atomic E-state index is 12.4. The molecule has 2 fully saturated rings. The summed E-state index contributed by atoms with van der Waals surface area (Å²) in [5, 5.41) is 0. The van der Waals surface area contributed by atoms with Crippen LogP contribution < -0.4 is 5.46 Å². The molecule has 130 valence electrons. The molecule has 0 radical (unpaired) electrons. The second-order valence-electron chi connectivity index (χ2n) is 7.95. The van der Waals surface area contributed by atoms with E-state index < -0.39 is 0 Å². The van der Waals surface area contributed by atoms with Crippen molar-refractivity contribution >= 4 is 18.5 Å². The lowest BCUT2D eigenvalue weighted by atomic mass is 9.79. The minimum atomic E-state index is -0.346. The van der Waals surface area contributed by atoms with Crippen LogP contribution in [0.2, 0.25) is 0 Å². The molecule has 1 aromatic rings. The van der Waals surface area contributed by atoms with E-state index in [1.165, 1.54) is 6.42 Å². The van der Waals surface area contributed by atoms with Gasteiger partial charge in [-0.15, -0.1) is 0 Å².